The number of rotatable bonds is 2. The van der Waals surface area contributed by atoms with Gasteiger partial charge >= 0.3 is 0 Å². The van der Waals surface area contributed by atoms with Gasteiger partial charge < -0.3 is 10.2 Å². The Morgan fingerprint density at radius 1 is 1.04 bits per heavy atom. The zero-order valence-corrected chi connectivity index (χ0v) is 13.0. The highest BCUT2D eigenvalue weighted by atomic mass is 15.4. The maximum atomic E-state index is 4.61. The Morgan fingerprint density at radius 2 is 1.91 bits per heavy atom. The number of piperazine rings is 1. The average molecular weight is 302 g/mol. The first-order valence-corrected chi connectivity index (χ1v) is 8.14. The lowest BCUT2D eigenvalue weighted by Gasteiger charge is -2.56. The first-order chi connectivity index (χ1) is 11.3. The molecule has 5 rings (SSSR count). The van der Waals surface area contributed by atoms with Crippen LogP contribution in [0.3, 0.4) is 0 Å². The largest absolute Gasteiger partial charge is 0.347 e. The predicted molar refractivity (Wildman–Crippen MR) is 92.6 cm³/mol. The number of fused-ring (bicyclic) bond motifs is 2. The molecule has 2 aliphatic rings. The van der Waals surface area contributed by atoms with E-state index in [1.54, 1.807) is 0 Å². The zero-order chi connectivity index (χ0) is 15.4. The minimum atomic E-state index is 0.593. The van der Waals surface area contributed by atoms with E-state index in [0.29, 0.717) is 12.1 Å². The van der Waals surface area contributed by atoms with E-state index >= 15 is 0 Å². The number of aromatic nitrogens is 2. The third-order valence-corrected chi connectivity index (χ3v) is 5.08. The maximum absolute atomic E-state index is 4.61. The fourth-order valence-electron chi connectivity index (χ4n) is 3.63. The Hall–Kier alpha value is -2.46. The Kier molecular flexibility index (Phi) is 2.70. The molecule has 2 atom stereocenters. The summed E-state index contributed by atoms with van der Waals surface area (Å²) in [4.78, 5) is 2.39. The normalized spacial score (nSPS) is 22.4. The Morgan fingerprint density at radius 3 is 2.61 bits per heavy atom. The summed E-state index contributed by atoms with van der Waals surface area (Å²) in [6.45, 7) is 4.23. The molecule has 1 aromatic heterocycles. The number of hydrogen-bond acceptors (Lipinski definition) is 4. The van der Waals surface area contributed by atoms with Crippen LogP contribution in [-0.4, -0.2) is 35.4 Å². The van der Waals surface area contributed by atoms with Gasteiger partial charge in [0.2, 0.25) is 0 Å². The van der Waals surface area contributed by atoms with Crippen LogP contribution in [0, 0.1) is 6.92 Å². The van der Waals surface area contributed by atoms with Gasteiger partial charge in [0, 0.05) is 35.5 Å². The SMILES string of the molecule is Cc1ccc2c(-c3ccccc3)nnc(N3CC4NC[C@H]43)c2c1. The van der Waals surface area contributed by atoms with Gasteiger partial charge in [-0.1, -0.05) is 48.0 Å². The van der Waals surface area contributed by atoms with Crippen LogP contribution in [0.4, 0.5) is 5.82 Å². The second-order valence-corrected chi connectivity index (χ2v) is 6.52. The van der Waals surface area contributed by atoms with Crippen LogP contribution in [0.5, 0.6) is 0 Å². The summed E-state index contributed by atoms with van der Waals surface area (Å²) in [6, 6.07) is 18.1. The second kappa shape index (κ2) is 4.77. The van der Waals surface area contributed by atoms with Crippen molar-refractivity contribution < 1.29 is 0 Å². The van der Waals surface area contributed by atoms with Crippen molar-refractivity contribution in [3.05, 3.63) is 54.1 Å². The molecular formula is C19H18N4. The van der Waals surface area contributed by atoms with Crippen LogP contribution >= 0.6 is 0 Å². The Balaban J connectivity index is 1.71. The summed E-state index contributed by atoms with van der Waals surface area (Å²) >= 11 is 0. The van der Waals surface area contributed by atoms with Crippen molar-refractivity contribution in [2.24, 2.45) is 0 Å². The summed E-state index contributed by atoms with van der Waals surface area (Å²) in [7, 11) is 0. The quantitative estimate of drug-likeness (QED) is 0.790. The van der Waals surface area contributed by atoms with Crippen molar-refractivity contribution in [3.8, 4) is 11.3 Å². The van der Waals surface area contributed by atoms with Crippen LogP contribution in [0.25, 0.3) is 22.0 Å². The van der Waals surface area contributed by atoms with E-state index in [1.807, 2.05) is 18.2 Å². The van der Waals surface area contributed by atoms with E-state index in [4.69, 9.17) is 0 Å². The van der Waals surface area contributed by atoms with Crippen LogP contribution < -0.4 is 10.2 Å². The Bertz CT molecular complexity index is 891. The molecule has 4 nitrogen and oxygen atoms in total. The van der Waals surface area contributed by atoms with Crippen LogP contribution in [0.2, 0.25) is 0 Å². The highest BCUT2D eigenvalue weighted by molar-refractivity contribution is 6.01. The molecule has 2 aliphatic heterocycles. The maximum Gasteiger partial charge on any atom is 0.159 e. The molecule has 0 saturated carbocycles. The molecule has 23 heavy (non-hydrogen) atoms. The molecule has 3 aromatic rings. The molecule has 0 aliphatic carbocycles. The molecule has 0 amide bonds. The lowest BCUT2D eigenvalue weighted by atomic mass is 9.88. The fourth-order valence-corrected chi connectivity index (χ4v) is 3.63. The average Bonchev–Trinajstić information content (AvgIpc) is 2.57. The molecule has 114 valence electrons. The standard InChI is InChI=1S/C19H18N4/c1-12-7-8-14-15(9-12)19(23-11-16-17(23)10-20-16)22-21-18(14)13-5-3-2-4-6-13/h2-9,16-17,20H,10-11H2,1H3/t16?,17-/m1/s1. The van der Waals surface area contributed by atoms with Gasteiger partial charge in [0.15, 0.2) is 5.82 Å². The lowest BCUT2D eigenvalue weighted by molar-refractivity contribution is 0.212. The van der Waals surface area contributed by atoms with Gasteiger partial charge in [-0.3, -0.25) is 0 Å². The van der Waals surface area contributed by atoms with Gasteiger partial charge in [0.25, 0.3) is 0 Å². The first-order valence-electron chi connectivity index (χ1n) is 8.14. The summed E-state index contributed by atoms with van der Waals surface area (Å²) in [5, 5.41) is 15.0. The van der Waals surface area contributed by atoms with E-state index < -0.39 is 0 Å². The monoisotopic (exact) mass is 302 g/mol. The van der Waals surface area contributed by atoms with E-state index in [0.717, 1.165) is 30.2 Å². The molecule has 0 radical (unpaired) electrons. The van der Waals surface area contributed by atoms with Gasteiger partial charge in [-0.2, -0.15) is 0 Å². The topological polar surface area (TPSA) is 41.1 Å². The van der Waals surface area contributed by atoms with Gasteiger partial charge in [0.1, 0.15) is 5.69 Å². The summed E-state index contributed by atoms with van der Waals surface area (Å²) in [5.74, 6) is 1.03. The van der Waals surface area contributed by atoms with E-state index in [1.165, 1.54) is 16.3 Å². The molecule has 0 spiro atoms. The van der Waals surface area contributed by atoms with Gasteiger partial charge in [0.05, 0.1) is 6.04 Å². The van der Waals surface area contributed by atoms with Crippen molar-refractivity contribution in [2.75, 3.05) is 18.0 Å². The number of anilines is 1. The molecule has 2 aromatic carbocycles. The summed E-state index contributed by atoms with van der Waals surface area (Å²) in [5.41, 5.74) is 3.34. The zero-order valence-electron chi connectivity index (χ0n) is 13.0. The minimum Gasteiger partial charge on any atom is -0.347 e. The van der Waals surface area contributed by atoms with Gasteiger partial charge in [-0.15, -0.1) is 10.2 Å². The molecule has 4 heteroatoms. The van der Waals surface area contributed by atoms with Crippen molar-refractivity contribution in [3.63, 3.8) is 0 Å². The molecule has 0 bridgehead atoms. The third kappa shape index (κ3) is 1.88. The van der Waals surface area contributed by atoms with Crippen molar-refractivity contribution in [1.82, 2.24) is 15.5 Å². The molecule has 2 saturated heterocycles. The van der Waals surface area contributed by atoms with Crippen molar-refractivity contribution in [2.45, 2.75) is 19.0 Å². The Labute approximate surface area is 135 Å². The highest BCUT2D eigenvalue weighted by Gasteiger charge is 2.46. The minimum absolute atomic E-state index is 0.593. The smallest absolute Gasteiger partial charge is 0.159 e. The number of benzene rings is 2. The molecule has 2 fully saturated rings. The van der Waals surface area contributed by atoms with Crippen LogP contribution in [-0.2, 0) is 0 Å². The fraction of sp³-hybridized carbons (Fsp3) is 0.263. The van der Waals surface area contributed by atoms with Crippen LogP contribution in [0.1, 0.15) is 5.56 Å². The number of hydrogen-bond donors (Lipinski definition) is 1. The summed E-state index contributed by atoms with van der Waals surface area (Å²) in [6.07, 6.45) is 0. The second-order valence-electron chi connectivity index (χ2n) is 6.52. The van der Waals surface area contributed by atoms with Crippen molar-refractivity contribution >= 4 is 16.6 Å². The molecule has 3 heterocycles. The number of nitrogens with one attached hydrogen (secondary N) is 1. The van der Waals surface area contributed by atoms with Crippen molar-refractivity contribution in [1.29, 1.82) is 0 Å². The van der Waals surface area contributed by atoms with Crippen LogP contribution in [0.15, 0.2) is 48.5 Å². The molecule has 1 N–H and O–H groups in total. The van der Waals surface area contributed by atoms with E-state index in [2.05, 4.69) is 57.7 Å². The summed E-state index contributed by atoms with van der Waals surface area (Å²) < 4.78 is 0. The predicted octanol–water partition coefficient (Wildman–Crippen LogP) is 2.77. The molecule has 1 unspecified atom stereocenters. The van der Waals surface area contributed by atoms with E-state index in [9.17, 15) is 0 Å². The van der Waals surface area contributed by atoms with E-state index in [-0.39, 0.29) is 0 Å². The van der Waals surface area contributed by atoms with Gasteiger partial charge in [-0.05, 0) is 13.0 Å². The lowest BCUT2D eigenvalue weighted by Crippen LogP contribution is -2.78. The number of aryl methyl sites for hydroxylation is 1. The first kappa shape index (κ1) is 13.0. The van der Waals surface area contributed by atoms with Gasteiger partial charge in [-0.25, -0.2) is 0 Å². The third-order valence-electron chi connectivity index (χ3n) is 5.08. The molecular weight excluding hydrogens is 284 g/mol. The number of nitrogens with zero attached hydrogens (tertiary/aromatic N) is 3. The highest BCUT2D eigenvalue weighted by Crippen LogP contribution is 2.37.